The van der Waals surface area contributed by atoms with Crippen LogP contribution in [0.5, 0.6) is 0 Å². The third kappa shape index (κ3) is 3.43. The third-order valence-corrected chi connectivity index (χ3v) is 6.46. The number of hydrogen-bond donors (Lipinski definition) is 1. The van der Waals surface area contributed by atoms with E-state index in [1.54, 1.807) is 0 Å². The molecule has 0 aliphatic heterocycles. The van der Waals surface area contributed by atoms with Crippen molar-refractivity contribution in [3.8, 4) is 0 Å². The Hall–Kier alpha value is -0.190. The zero-order valence-corrected chi connectivity index (χ0v) is 12.9. The van der Waals surface area contributed by atoms with E-state index in [1.165, 1.54) is 19.3 Å². The first kappa shape index (κ1) is 14.2. The molecule has 1 aromatic rings. The van der Waals surface area contributed by atoms with Crippen molar-refractivity contribution in [1.29, 1.82) is 0 Å². The van der Waals surface area contributed by atoms with Crippen LogP contribution in [0.3, 0.4) is 0 Å². The van der Waals surface area contributed by atoms with Gasteiger partial charge in [-0.1, -0.05) is 37.8 Å². The van der Waals surface area contributed by atoms with Crippen LogP contribution in [-0.2, 0) is 10.8 Å². The molecule has 0 heterocycles. The van der Waals surface area contributed by atoms with Crippen LogP contribution >= 0.6 is 15.9 Å². The van der Waals surface area contributed by atoms with Crippen molar-refractivity contribution in [2.24, 2.45) is 5.73 Å². The maximum absolute atomic E-state index is 12.7. The van der Waals surface area contributed by atoms with Crippen LogP contribution in [0, 0.1) is 0 Å². The Morgan fingerprint density at radius 2 is 1.78 bits per heavy atom. The van der Waals surface area contributed by atoms with Gasteiger partial charge in [-0.05, 0) is 40.9 Å². The third-order valence-electron chi connectivity index (χ3n) is 3.58. The summed E-state index contributed by atoms with van der Waals surface area (Å²) in [6.07, 6.45) is 6.81. The Kier molecular flexibility index (Phi) is 5.39. The van der Waals surface area contributed by atoms with Crippen LogP contribution in [0.15, 0.2) is 33.6 Å². The van der Waals surface area contributed by atoms with Crippen LogP contribution < -0.4 is 5.73 Å². The van der Waals surface area contributed by atoms with Crippen molar-refractivity contribution in [3.63, 3.8) is 0 Å². The van der Waals surface area contributed by atoms with E-state index in [0.717, 1.165) is 28.6 Å². The standard InChI is InChI=1S/C14H20BrNOS/c15-11-7-5-6-9-13(11)18(17)14-10-4-2-1-3-8-12(14)16/h5-7,9,12,14H,1-4,8,10,16H2. The fourth-order valence-electron chi connectivity index (χ4n) is 2.52. The largest absolute Gasteiger partial charge is 0.327 e. The van der Waals surface area contributed by atoms with E-state index in [1.807, 2.05) is 24.3 Å². The first-order valence-corrected chi connectivity index (χ1v) is 8.61. The molecule has 1 aromatic carbocycles. The van der Waals surface area contributed by atoms with Gasteiger partial charge >= 0.3 is 0 Å². The SMILES string of the molecule is NC1CCCCCCC1S(=O)c1ccccc1Br. The molecule has 1 aliphatic carbocycles. The van der Waals surface area contributed by atoms with Gasteiger partial charge in [0.2, 0.25) is 0 Å². The molecule has 2 nitrogen and oxygen atoms in total. The van der Waals surface area contributed by atoms with Gasteiger partial charge in [0.25, 0.3) is 0 Å². The summed E-state index contributed by atoms with van der Waals surface area (Å²) < 4.78 is 13.6. The number of benzene rings is 1. The molecule has 3 atom stereocenters. The van der Waals surface area contributed by atoms with E-state index in [-0.39, 0.29) is 11.3 Å². The Morgan fingerprint density at radius 1 is 1.11 bits per heavy atom. The fraction of sp³-hybridized carbons (Fsp3) is 0.571. The predicted molar refractivity (Wildman–Crippen MR) is 80.0 cm³/mol. The van der Waals surface area contributed by atoms with Crippen LogP contribution in [0.1, 0.15) is 38.5 Å². The molecule has 2 rings (SSSR count). The second-order valence-corrected chi connectivity index (χ2v) is 7.42. The molecular weight excluding hydrogens is 310 g/mol. The van der Waals surface area contributed by atoms with Gasteiger partial charge in [0.15, 0.2) is 0 Å². The van der Waals surface area contributed by atoms with Gasteiger partial charge in [0.05, 0.1) is 20.9 Å². The van der Waals surface area contributed by atoms with Gasteiger partial charge in [-0.15, -0.1) is 0 Å². The monoisotopic (exact) mass is 329 g/mol. The van der Waals surface area contributed by atoms with Crippen LogP contribution in [0.25, 0.3) is 0 Å². The average molecular weight is 330 g/mol. The molecular formula is C14H20BrNOS. The normalized spacial score (nSPS) is 27.2. The number of halogens is 1. The Bertz CT molecular complexity index is 424. The first-order chi connectivity index (χ1) is 8.70. The molecule has 1 aliphatic rings. The maximum Gasteiger partial charge on any atom is 0.0588 e. The summed E-state index contributed by atoms with van der Waals surface area (Å²) >= 11 is 3.48. The summed E-state index contributed by atoms with van der Waals surface area (Å²) in [5.41, 5.74) is 6.23. The van der Waals surface area contributed by atoms with Crippen LogP contribution in [0.2, 0.25) is 0 Å². The summed E-state index contributed by atoms with van der Waals surface area (Å²) in [5.74, 6) is 0. The van der Waals surface area contributed by atoms with Gasteiger partial charge in [0, 0.05) is 10.5 Å². The maximum atomic E-state index is 12.7. The molecule has 0 radical (unpaired) electrons. The molecule has 1 saturated carbocycles. The van der Waals surface area contributed by atoms with Crippen molar-refractivity contribution >= 4 is 26.7 Å². The van der Waals surface area contributed by atoms with Crippen molar-refractivity contribution in [2.75, 3.05) is 0 Å². The highest BCUT2D eigenvalue weighted by Gasteiger charge is 2.26. The number of nitrogens with two attached hydrogens (primary N) is 1. The first-order valence-electron chi connectivity index (χ1n) is 6.61. The van der Waals surface area contributed by atoms with Crippen molar-refractivity contribution in [2.45, 2.75) is 54.7 Å². The van der Waals surface area contributed by atoms with Crippen LogP contribution in [-0.4, -0.2) is 15.5 Å². The molecule has 0 spiro atoms. The summed E-state index contributed by atoms with van der Waals surface area (Å²) in [4.78, 5) is 0.888. The van der Waals surface area contributed by atoms with Gasteiger partial charge in [-0.25, -0.2) is 0 Å². The summed E-state index contributed by atoms with van der Waals surface area (Å²) in [6, 6.07) is 7.83. The smallest absolute Gasteiger partial charge is 0.0588 e. The molecule has 3 unspecified atom stereocenters. The Morgan fingerprint density at radius 3 is 2.50 bits per heavy atom. The molecule has 0 aromatic heterocycles. The van der Waals surface area contributed by atoms with E-state index < -0.39 is 10.8 Å². The van der Waals surface area contributed by atoms with Gasteiger partial charge < -0.3 is 5.73 Å². The molecule has 0 bridgehead atoms. The quantitative estimate of drug-likeness (QED) is 0.900. The minimum absolute atomic E-state index is 0.0678. The van der Waals surface area contributed by atoms with Gasteiger partial charge in [0.1, 0.15) is 0 Å². The molecule has 1 fully saturated rings. The zero-order valence-electron chi connectivity index (χ0n) is 10.5. The van der Waals surface area contributed by atoms with E-state index in [0.29, 0.717) is 0 Å². The lowest BCUT2D eigenvalue weighted by Gasteiger charge is -2.26. The molecule has 4 heteroatoms. The Labute approximate surface area is 120 Å². The highest BCUT2D eigenvalue weighted by atomic mass is 79.9. The summed E-state index contributed by atoms with van der Waals surface area (Å²) in [5, 5.41) is 0.101. The number of hydrogen-bond acceptors (Lipinski definition) is 2. The van der Waals surface area contributed by atoms with E-state index in [4.69, 9.17) is 5.73 Å². The van der Waals surface area contributed by atoms with Gasteiger partial charge in [-0.3, -0.25) is 4.21 Å². The predicted octanol–water partition coefficient (Wildman–Crippen LogP) is 3.61. The number of rotatable bonds is 2. The second-order valence-electron chi connectivity index (χ2n) is 4.92. The molecule has 100 valence electrons. The summed E-state index contributed by atoms with van der Waals surface area (Å²) in [6.45, 7) is 0. The lowest BCUT2D eigenvalue weighted by Crippen LogP contribution is -2.38. The second kappa shape index (κ2) is 6.83. The molecule has 2 N–H and O–H groups in total. The Balaban J connectivity index is 2.18. The molecule has 0 amide bonds. The van der Waals surface area contributed by atoms with E-state index >= 15 is 0 Å². The van der Waals surface area contributed by atoms with Crippen molar-refractivity contribution in [3.05, 3.63) is 28.7 Å². The highest BCUT2D eigenvalue weighted by molar-refractivity contribution is 9.10. The lowest BCUT2D eigenvalue weighted by atomic mass is 9.97. The van der Waals surface area contributed by atoms with E-state index in [2.05, 4.69) is 15.9 Å². The highest BCUT2D eigenvalue weighted by Crippen LogP contribution is 2.27. The molecule has 18 heavy (non-hydrogen) atoms. The topological polar surface area (TPSA) is 43.1 Å². The van der Waals surface area contributed by atoms with Crippen molar-refractivity contribution in [1.82, 2.24) is 0 Å². The summed E-state index contributed by atoms with van der Waals surface area (Å²) in [7, 11) is -1.00. The lowest BCUT2D eigenvalue weighted by molar-refractivity contribution is 0.456. The van der Waals surface area contributed by atoms with Crippen molar-refractivity contribution < 1.29 is 4.21 Å². The van der Waals surface area contributed by atoms with Crippen LogP contribution in [0.4, 0.5) is 0 Å². The minimum atomic E-state index is -1.00. The average Bonchev–Trinajstić information content (AvgIpc) is 2.34. The minimum Gasteiger partial charge on any atom is -0.327 e. The van der Waals surface area contributed by atoms with E-state index in [9.17, 15) is 4.21 Å². The fourth-order valence-corrected chi connectivity index (χ4v) is 4.91. The molecule has 0 saturated heterocycles. The zero-order chi connectivity index (χ0) is 13.0. The van der Waals surface area contributed by atoms with Gasteiger partial charge in [-0.2, -0.15) is 0 Å².